The molecule has 1 fully saturated rings. The fourth-order valence-corrected chi connectivity index (χ4v) is 3.96. The SMILES string of the molecule is CO[C@@H](CN(C)CC1CCOCC1)[C@@H](C)CN(C(=O)Nc1ccc(F)cc1)[C@H](C)CO. The molecule has 0 aromatic heterocycles. The summed E-state index contributed by atoms with van der Waals surface area (Å²) in [4.78, 5) is 16.8. The topological polar surface area (TPSA) is 74.3 Å². The van der Waals surface area contributed by atoms with E-state index >= 15 is 0 Å². The number of amides is 2. The lowest BCUT2D eigenvalue weighted by molar-refractivity contribution is 0.00866. The predicted molar refractivity (Wildman–Crippen MR) is 120 cm³/mol. The van der Waals surface area contributed by atoms with Crippen molar-refractivity contribution in [2.75, 3.05) is 58.9 Å². The number of aliphatic hydroxyl groups excluding tert-OH is 1. The Morgan fingerprint density at radius 1 is 1.26 bits per heavy atom. The highest BCUT2D eigenvalue weighted by Gasteiger charge is 2.27. The Labute approximate surface area is 185 Å². The molecule has 1 aliphatic heterocycles. The van der Waals surface area contributed by atoms with Gasteiger partial charge in [0, 0.05) is 51.6 Å². The van der Waals surface area contributed by atoms with Crippen LogP contribution >= 0.6 is 0 Å². The molecule has 1 heterocycles. The molecule has 1 aromatic carbocycles. The van der Waals surface area contributed by atoms with Gasteiger partial charge in [0.2, 0.25) is 0 Å². The van der Waals surface area contributed by atoms with Gasteiger partial charge in [-0.2, -0.15) is 0 Å². The van der Waals surface area contributed by atoms with Crippen molar-refractivity contribution in [3.63, 3.8) is 0 Å². The Kier molecular flexibility index (Phi) is 10.7. The molecule has 1 aliphatic rings. The van der Waals surface area contributed by atoms with Gasteiger partial charge in [0.25, 0.3) is 0 Å². The van der Waals surface area contributed by atoms with Gasteiger partial charge in [0.1, 0.15) is 5.82 Å². The van der Waals surface area contributed by atoms with Crippen molar-refractivity contribution in [3.05, 3.63) is 30.1 Å². The van der Waals surface area contributed by atoms with E-state index in [1.54, 1.807) is 18.9 Å². The van der Waals surface area contributed by atoms with E-state index in [0.717, 1.165) is 39.1 Å². The van der Waals surface area contributed by atoms with Crippen LogP contribution in [-0.2, 0) is 9.47 Å². The molecule has 0 bridgehead atoms. The Bertz CT molecular complexity index is 655. The number of hydrogen-bond acceptors (Lipinski definition) is 5. The molecule has 0 unspecified atom stereocenters. The van der Waals surface area contributed by atoms with Crippen LogP contribution in [0.15, 0.2) is 24.3 Å². The van der Waals surface area contributed by atoms with Crippen LogP contribution in [0.2, 0.25) is 0 Å². The first-order valence-corrected chi connectivity index (χ1v) is 11.1. The zero-order chi connectivity index (χ0) is 22.8. The number of likely N-dealkylation sites (N-methyl/N-ethyl adjacent to an activating group) is 1. The highest BCUT2D eigenvalue weighted by Crippen LogP contribution is 2.18. The summed E-state index contributed by atoms with van der Waals surface area (Å²) in [6, 6.07) is 4.94. The number of benzene rings is 1. The summed E-state index contributed by atoms with van der Waals surface area (Å²) >= 11 is 0. The third-order valence-corrected chi connectivity index (χ3v) is 5.98. The molecule has 0 spiro atoms. The average Bonchev–Trinajstić information content (AvgIpc) is 2.77. The summed E-state index contributed by atoms with van der Waals surface area (Å²) in [7, 11) is 3.80. The standard InChI is InChI=1S/C23H38FN3O4/c1-17(22(30-4)15-26(3)14-19-9-11-31-12-10-19)13-27(18(2)16-28)23(29)25-21-7-5-20(24)6-8-21/h5-8,17-19,22,28H,9-16H2,1-4H3,(H,25,29)/t17-,18+,22-/m0/s1. The lowest BCUT2D eigenvalue weighted by atomic mass is 9.98. The minimum absolute atomic E-state index is 0.0510. The molecule has 176 valence electrons. The molecule has 31 heavy (non-hydrogen) atoms. The van der Waals surface area contributed by atoms with Gasteiger partial charge in [0.05, 0.1) is 18.8 Å². The van der Waals surface area contributed by atoms with Gasteiger partial charge in [-0.1, -0.05) is 6.92 Å². The number of anilines is 1. The van der Waals surface area contributed by atoms with Crippen molar-refractivity contribution in [2.45, 2.75) is 38.8 Å². The van der Waals surface area contributed by atoms with Crippen LogP contribution in [0.5, 0.6) is 0 Å². The number of carbonyl (C=O) groups is 1. The summed E-state index contributed by atoms with van der Waals surface area (Å²) in [5.41, 5.74) is 0.508. The molecule has 1 aromatic rings. The van der Waals surface area contributed by atoms with Gasteiger partial charge in [-0.15, -0.1) is 0 Å². The van der Waals surface area contributed by atoms with Gasteiger partial charge in [-0.3, -0.25) is 0 Å². The highest BCUT2D eigenvalue weighted by atomic mass is 19.1. The molecule has 0 radical (unpaired) electrons. The Morgan fingerprint density at radius 2 is 1.90 bits per heavy atom. The summed E-state index contributed by atoms with van der Waals surface area (Å²) < 4.78 is 24.3. The molecule has 2 rings (SSSR count). The van der Waals surface area contributed by atoms with Crippen LogP contribution in [-0.4, -0.2) is 86.7 Å². The largest absolute Gasteiger partial charge is 0.394 e. The molecule has 2 N–H and O–H groups in total. The number of nitrogens with one attached hydrogen (secondary N) is 1. The van der Waals surface area contributed by atoms with Crippen LogP contribution in [0.25, 0.3) is 0 Å². The van der Waals surface area contributed by atoms with Crippen LogP contribution in [0.3, 0.4) is 0 Å². The summed E-state index contributed by atoms with van der Waals surface area (Å²) in [5.74, 6) is 0.328. The minimum atomic E-state index is -0.361. The number of halogens is 1. The molecular formula is C23H38FN3O4. The predicted octanol–water partition coefficient (Wildman–Crippen LogP) is 3.05. The number of methoxy groups -OCH3 is 1. The zero-order valence-electron chi connectivity index (χ0n) is 19.2. The lowest BCUT2D eigenvalue weighted by Crippen LogP contribution is -2.48. The third-order valence-electron chi connectivity index (χ3n) is 5.98. The second-order valence-corrected chi connectivity index (χ2v) is 8.65. The highest BCUT2D eigenvalue weighted by molar-refractivity contribution is 5.89. The van der Waals surface area contributed by atoms with E-state index in [4.69, 9.17) is 9.47 Å². The van der Waals surface area contributed by atoms with Gasteiger partial charge < -0.3 is 29.7 Å². The molecule has 0 saturated carbocycles. The van der Waals surface area contributed by atoms with E-state index in [2.05, 4.69) is 24.2 Å². The van der Waals surface area contributed by atoms with E-state index in [1.165, 1.54) is 24.3 Å². The fraction of sp³-hybridized carbons (Fsp3) is 0.696. The first-order chi connectivity index (χ1) is 14.8. The fourth-order valence-electron chi connectivity index (χ4n) is 3.96. The van der Waals surface area contributed by atoms with Crippen LogP contribution in [0.4, 0.5) is 14.9 Å². The Morgan fingerprint density at radius 3 is 2.48 bits per heavy atom. The maximum absolute atomic E-state index is 13.1. The molecule has 8 heteroatoms. The molecule has 7 nitrogen and oxygen atoms in total. The maximum Gasteiger partial charge on any atom is 0.322 e. The maximum atomic E-state index is 13.1. The van der Waals surface area contributed by atoms with Crippen molar-refractivity contribution in [1.82, 2.24) is 9.80 Å². The first kappa shape index (κ1) is 25.5. The minimum Gasteiger partial charge on any atom is -0.394 e. The van der Waals surface area contributed by atoms with Crippen LogP contribution in [0.1, 0.15) is 26.7 Å². The number of nitrogens with zero attached hydrogens (tertiary/aromatic N) is 2. The number of hydrogen-bond donors (Lipinski definition) is 2. The van der Waals surface area contributed by atoms with Gasteiger partial charge in [-0.25, -0.2) is 9.18 Å². The number of carbonyl (C=O) groups excluding carboxylic acids is 1. The Hall–Kier alpha value is -1.74. The van der Waals surface area contributed by atoms with E-state index in [-0.39, 0.29) is 36.5 Å². The van der Waals surface area contributed by atoms with E-state index in [0.29, 0.717) is 18.2 Å². The third kappa shape index (κ3) is 8.37. The molecule has 2 amide bonds. The molecule has 0 aliphatic carbocycles. The second kappa shape index (κ2) is 13.0. The molecular weight excluding hydrogens is 401 g/mol. The average molecular weight is 440 g/mol. The first-order valence-electron chi connectivity index (χ1n) is 11.1. The van der Waals surface area contributed by atoms with Crippen molar-refractivity contribution in [1.29, 1.82) is 0 Å². The molecule has 3 atom stereocenters. The van der Waals surface area contributed by atoms with E-state index in [9.17, 15) is 14.3 Å². The number of rotatable bonds is 11. The van der Waals surface area contributed by atoms with Crippen molar-refractivity contribution < 1.29 is 23.8 Å². The smallest absolute Gasteiger partial charge is 0.322 e. The van der Waals surface area contributed by atoms with Crippen LogP contribution in [0, 0.1) is 17.7 Å². The quantitative estimate of drug-likeness (QED) is 0.554. The van der Waals surface area contributed by atoms with E-state index < -0.39 is 0 Å². The van der Waals surface area contributed by atoms with Crippen molar-refractivity contribution >= 4 is 11.7 Å². The van der Waals surface area contributed by atoms with Gasteiger partial charge in [-0.05, 0) is 57.0 Å². The number of ether oxygens (including phenoxy) is 2. The zero-order valence-corrected chi connectivity index (χ0v) is 19.2. The van der Waals surface area contributed by atoms with E-state index in [1.807, 2.05) is 0 Å². The molecule has 1 saturated heterocycles. The Balaban J connectivity index is 1.95. The van der Waals surface area contributed by atoms with Crippen molar-refractivity contribution in [3.8, 4) is 0 Å². The summed E-state index contributed by atoms with van der Waals surface area (Å²) in [6.45, 7) is 7.56. The monoisotopic (exact) mass is 439 g/mol. The normalized spacial score (nSPS) is 17.9. The van der Waals surface area contributed by atoms with Crippen LogP contribution < -0.4 is 5.32 Å². The van der Waals surface area contributed by atoms with Gasteiger partial charge >= 0.3 is 6.03 Å². The summed E-state index contributed by atoms with van der Waals surface area (Å²) in [5, 5.41) is 12.5. The second-order valence-electron chi connectivity index (χ2n) is 8.65. The van der Waals surface area contributed by atoms with Crippen molar-refractivity contribution in [2.24, 2.45) is 11.8 Å². The lowest BCUT2D eigenvalue weighted by Gasteiger charge is -2.35. The number of urea groups is 1. The van der Waals surface area contributed by atoms with Gasteiger partial charge in [0.15, 0.2) is 0 Å². The number of aliphatic hydroxyl groups is 1. The summed E-state index contributed by atoms with van der Waals surface area (Å²) in [6.07, 6.45) is 2.11.